The Morgan fingerprint density at radius 2 is 2.00 bits per heavy atom. The van der Waals surface area contributed by atoms with Gasteiger partial charge in [0, 0.05) is 6.08 Å². The van der Waals surface area contributed by atoms with Crippen LogP contribution in [-0.4, -0.2) is 13.1 Å². The van der Waals surface area contributed by atoms with Crippen molar-refractivity contribution in [1.82, 2.24) is 0 Å². The first kappa shape index (κ1) is 20.0. The van der Waals surface area contributed by atoms with E-state index in [1.165, 1.54) is 57.6 Å². The van der Waals surface area contributed by atoms with Crippen LogP contribution >= 0.6 is 0 Å². The number of methoxy groups -OCH3 is 1. The van der Waals surface area contributed by atoms with E-state index in [1.807, 2.05) is 11.6 Å². The molecule has 0 aromatic carbocycles. The Bertz CT molecular complexity index is 729. The topological polar surface area (TPSA) is 26.3 Å². The smallest absolute Gasteiger partial charge is 0.330 e. The summed E-state index contributed by atoms with van der Waals surface area (Å²) in [5.41, 5.74) is 4.07. The summed E-state index contributed by atoms with van der Waals surface area (Å²) >= 11 is 0. The second-order valence-electron chi connectivity index (χ2n) is 10.6. The zero-order valence-corrected chi connectivity index (χ0v) is 18.5. The molecule has 0 bridgehead atoms. The molecule has 0 aliphatic heterocycles. The molecule has 4 aliphatic rings. The fraction of sp³-hybridized carbons (Fsp3) is 0.731. The van der Waals surface area contributed by atoms with Gasteiger partial charge in [-0.15, -0.1) is 0 Å². The maximum Gasteiger partial charge on any atom is 0.330 e. The van der Waals surface area contributed by atoms with Crippen LogP contribution in [0, 0.1) is 40.4 Å². The van der Waals surface area contributed by atoms with E-state index in [4.69, 9.17) is 4.74 Å². The molecule has 4 aliphatic carbocycles. The fourth-order valence-electron chi connectivity index (χ4n) is 7.45. The lowest BCUT2D eigenvalue weighted by molar-refractivity contribution is -0.134. The van der Waals surface area contributed by atoms with Crippen molar-refractivity contribution in [3.8, 4) is 0 Å². The molecule has 154 valence electrons. The number of esters is 1. The lowest BCUT2D eigenvalue weighted by Gasteiger charge is -2.57. The molecule has 7 atom stereocenters. The van der Waals surface area contributed by atoms with Crippen molar-refractivity contribution in [2.45, 2.75) is 72.6 Å². The zero-order valence-electron chi connectivity index (χ0n) is 18.5. The Hall–Kier alpha value is -1.31. The number of carbonyl (C=O) groups is 1. The van der Waals surface area contributed by atoms with Crippen molar-refractivity contribution < 1.29 is 9.53 Å². The number of hydrogen-bond acceptors (Lipinski definition) is 2. The third-order valence-corrected chi connectivity index (χ3v) is 9.14. The Morgan fingerprint density at radius 3 is 2.75 bits per heavy atom. The predicted octanol–water partition coefficient (Wildman–Crippen LogP) is 6.49. The number of carbonyl (C=O) groups excluding carboxylic acids is 1. The van der Waals surface area contributed by atoms with Crippen LogP contribution in [0.5, 0.6) is 0 Å². The van der Waals surface area contributed by atoms with Gasteiger partial charge in [-0.25, -0.2) is 4.79 Å². The zero-order chi connectivity index (χ0) is 20.1. The van der Waals surface area contributed by atoms with E-state index in [9.17, 15) is 4.79 Å². The van der Waals surface area contributed by atoms with Gasteiger partial charge in [0.1, 0.15) is 0 Å². The van der Waals surface area contributed by atoms with Crippen LogP contribution in [0.1, 0.15) is 72.6 Å². The van der Waals surface area contributed by atoms with Crippen molar-refractivity contribution in [2.24, 2.45) is 40.4 Å². The summed E-state index contributed by atoms with van der Waals surface area (Å²) in [5.74, 6) is 3.36. The maximum atomic E-state index is 11.5. The van der Waals surface area contributed by atoms with E-state index in [2.05, 4.69) is 39.8 Å². The molecule has 2 heteroatoms. The van der Waals surface area contributed by atoms with Crippen LogP contribution in [0.4, 0.5) is 0 Å². The monoisotopic (exact) mass is 382 g/mol. The van der Waals surface area contributed by atoms with Crippen LogP contribution < -0.4 is 0 Å². The first-order chi connectivity index (χ1) is 13.3. The predicted molar refractivity (Wildman–Crippen MR) is 115 cm³/mol. The molecule has 0 heterocycles. The molecule has 0 N–H and O–H groups in total. The molecule has 4 rings (SSSR count). The minimum Gasteiger partial charge on any atom is -0.466 e. The summed E-state index contributed by atoms with van der Waals surface area (Å²) in [4.78, 5) is 11.5. The third kappa shape index (κ3) is 3.02. The average molecular weight is 383 g/mol. The molecule has 0 saturated heterocycles. The highest BCUT2D eigenvalue weighted by molar-refractivity contribution is 5.81. The molecule has 0 aromatic heterocycles. The van der Waals surface area contributed by atoms with Gasteiger partial charge >= 0.3 is 5.97 Å². The van der Waals surface area contributed by atoms with E-state index < -0.39 is 0 Å². The van der Waals surface area contributed by atoms with E-state index >= 15 is 0 Å². The SMILES string of the molecule is COC(=O)/C=C/C(C)C1=CCC2C3CC[C@@H]4C[C@H](C)CC[C@]4(C)C3=CC[C@]12C. The molecule has 0 radical (unpaired) electrons. The van der Waals surface area contributed by atoms with Gasteiger partial charge in [-0.2, -0.15) is 0 Å². The second kappa shape index (κ2) is 7.18. The molecule has 0 amide bonds. The fourth-order valence-corrected chi connectivity index (χ4v) is 7.45. The Balaban J connectivity index is 1.58. The normalized spacial score (nSPS) is 43.5. The number of rotatable bonds is 3. The van der Waals surface area contributed by atoms with Gasteiger partial charge in [-0.3, -0.25) is 0 Å². The summed E-state index contributed by atoms with van der Waals surface area (Å²) < 4.78 is 4.78. The third-order valence-electron chi connectivity index (χ3n) is 9.14. The van der Waals surface area contributed by atoms with Crippen LogP contribution in [0.25, 0.3) is 0 Å². The van der Waals surface area contributed by atoms with E-state index in [1.54, 1.807) is 6.08 Å². The summed E-state index contributed by atoms with van der Waals surface area (Å²) in [6, 6.07) is 0. The standard InChI is InChI=1S/C26H38O2/c1-17-12-14-25(3)19(16-17)7-8-20-22-10-9-21(18(2)6-11-24(27)28-5)26(22,4)15-13-23(20)25/h6,9,11,13,17-20,22H,7-8,10,12,14-16H2,1-5H3/b11-6+/t17-,18?,19-,20?,22?,25+,26-/m1/s1. The molecule has 3 unspecified atom stereocenters. The minimum absolute atomic E-state index is 0.249. The Labute approximate surface area is 171 Å². The van der Waals surface area contributed by atoms with Gasteiger partial charge in [-0.05, 0) is 85.4 Å². The van der Waals surface area contributed by atoms with Gasteiger partial charge < -0.3 is 4.74 Å². The minimum atomic E-state index is -0.254. The summed E-state index contributed by atoms with van der Waals surface area (Å²) in [6.07, 6.45) is 18.2. The van der Waals surface area contributed by atoms with Crippen LogP contribution in [0.15, 0.2) is 35.5 Å². The molecular formula is C26H38O2. The van der Waals surface area contributed by atoms with Crippen LogP contribution in [0.3, 0.4) is 0 Å². The van der Waals surface area contributed by atoms with Crippen LogP contribution in [0.2, 0.25) is 0 Å². The number of ether oxygens (including phenoxy) is 1. The van der Waals surface area contributed by atoms with Crippen molar-refractivity contribution in [3.05, 3.63) is 35.5 Å². The average Bonchev–Trinajstić information content (AvgIpc) is 3.03. The van der Waals surface area contributed by atoms with Gasteiger partial charge in [0.15, 0.2) is 0 Å². The van der Waals surface area contributed by atoms with E-state index in [0.717, 1.165) is 23.7 Å². The molecule has 0 spiro atoms. The van der Waals surface area contributed by atoms with Gasteiger partial charge in [-0.1, -0.05) is 57.1 Å². The quantitative estimate of drug-likeness (QED) is 0.317. The summed E-state index contributed by atoms with van der Waals surface area (Å²) in [5, 5.41) is 0. The number of fused-ring (bicyclic) bond motifs is 5. The number of hydrogen-bond donors (Lipinski definition) is 0. The first-order valence-corrected chi connectivity index (χ1v) is 11.5. The molecule has 2 saturated carbocycles. The summed E-state index contributed by atoms with van der Waals surface area (Å²) in [6.45, 7) is 9.77. The Morgan fingerprint density at radius 1 is 1.21 bits per heavy atom. The van der Waals surface area contributed by atoms with Gasteiger partial charge in [0.2, 0.25) is 0 Å². The van der Waals surface area contributed by atoms with Crippen molar-refractivity contribution in [3.63, 3.8) is 0 Å². The summed E-state index contributed by atoms with van der Waals surface area (Å²) in [7, 11) is 1.44. The van der Waals surface area contributed by atoms with Crippen molar-refractivity contribution in [1.29, 1.82) is 0 Å². The maximum absolute atomic E-state index is 11.5. The van der Waals surface area contributed by atoms with Crippen LogP contribution in [-0.2, 0) is 9.53 Å². The molecule has 28 heavy (non-hydrogen) atoms. The first-order valence-electron chi connectivity index (χ1n) is 11.5. The van der Waals surface area contributed by atoms with Gasteiger partial charge in [0.25, 0.3) is 0 Å². The lowest BCUT2D eigenvalue weighted by Crippen LogP contribution is -2.47. The second-order valence-corrected chi connectivity index (χ2v) is 10.6. The molecule has 2 nitrogen and oxygen atoms in total. The van der Waals surface area contributed by atoms with E-state index in [0.29, 0.717) is 11.3 Å². The highest BCUT2D eigenvalue weighted by atomic mass is 16.5. The highest BCUT2D eigenvalue weighted by Gasteiger charge is 2.55. The number of allylic oxidation sites excluding steroid dienone is 5. The largest absolute Gasteiger partial charge is 0.466 e. The molecule has 0 aromatic rings. The lowest BCUT2D eigenvalue weighted by atomic mass is 9.48. The highest BCUT2D eigenvalue weighted by Crippen LogP contribution is 2.65. The Kier molecular flexibility index (Phi) is 5.13. The van der Waals surface area contributed by atoms with Crippen molar-refractivity contribution >= 4 is 5.97 Å². The van der Waals surface area contributed by atoms with Crippen molar-refractivity contribution in [2.75, 3.05) is 7.11 Å². The van der Waals surface area contributed by atoms with E-state index in [-0.39, 0.29) is 11.4 Å². The molecular weight excluding hydrogens is 344 g/mol. The van der Waals surface area contributed by atoms with Gasteiger partial charge in [0.05, 0.1) is 7.11 Å². The molecule has 2 fully saturated rings.